The Balaban J connectivity index is 1.94. The van der Waals surface area contributed by atoms with Gasteiger partial charge >= 0.3 is 0 Å². The summed E-state index contributed by atoms with van der Waals surface area (Å²) in [6.45, 7) is 6.69. The Kier molecular flexibility index (Phi) is 4.93. The number of aromatic nitrogens is 1. The third kappa shape index (κ3) is 3.60. The molecule has 2 N–H and O–H groups in total. The average Bonchev–Trinajstić information content (AvgIpc) is 2.78. The molecule has 1 aliphatic rings. The minimum Gasteiger partial charge on any atom is -0.354 e. The number of nitrogens with zero attached hydrogens (tertiary/aromatic N) is 1. The lowest BCUT2D eigenvalue weighted by Gasteiger charge is -2.19. The molecule has 0 radical (unpaired) electrons. The van der Waals surface area contributed by atoms with Crippen LogP contribution in [0.5, 0.6) is 0 Å². The third-order valence-electron chi connectivity index (χ3n) is 4.75. The number of rotatable bonds is 3. The standard InChI is InChI=1S/C20H25N3O2/c1-13-7-10-18(23-14(2)8-9-15(23)3)16(12-13)19(24)22-17-6-4-5-11-21-20(17)25/h7-10,12,17H,4-6,11H2,1-3H3,(H,21,25)(H,22,24). The molecule has 1 aromatic carbocycles. The van der Waals surface area contributed by atoms with Gasteiger partial charge in [0.05, 0.1) is 11.3 Å². The number of benzene rings is 1. The molecule has 0 aliphatic carbocycles. The van der Waals surface area contributed by atoms with Crippen molar-refractivity contribution in [1.82, 2.24) is 15.2 Å². The van der Waals surface area contributed by atoms with Gasteiger partial charge in [-0.05, 0) is 64.3 Å². The van der Waals surface area contributed by atoms with Gasteiger partial charge in [0.25, 0.3) is 5.91 Å². The monoisotopic (exact) mass is 339 g/mol. The second-order valence-electron chi connectivity index (χ2n) is 6.78. The van der Waals surface area contributed by atoms with Crippen molar-refractivity contribution in [3.05, 3.63) is 52.8 Å². The van der Waals surface area contributed by atoms with Crippen molar-refractivity contribution in [2.24, 2.45) is 0 Å². The zero-order valence-corrected chi connectivity index (χ0v) is 15.1. The summed E-state index contributed by atoms with van der Waals surface area (Å²) < 4.78 is 2.07. The number of carbonyl (C=O) groups excluding carboxylic acids is 2. The van der Waals surface area contributed by atoms with E-state index >= 15 is 0 Å². The molecule has 1 saturated heterocycles. The fourth-order valence-electron chi connectivity index (χ4n) is 3.39. The van der Waals surface area contributed by atoms with Gasteiger partial charge < -0.3 is 15.2 Å². The second-order valence-corrected chi connectivity index (χ2v) is 6.78. The number of carbonyl (C=O) groups is 2. The quantitative estimate of drug-likeness (QED) is 0.903. The van der Waals surface area contributed by atoms with Gasteiger partial charge in [-0.3, -0.25) is 9.59 Å². The first kappa shape index (κ1) is 17.3. The van der Waals surface area contributed by atoms with E-state index in [1.165, 1.54) is 0 Å². The molecule has 25 heavy (non-hydrogen) atoms. The van der Waals surface area contributed by atoms with Crippen LogP contribution in [0.15, 0.2) is 30.3 Å². The second kappa shape index (κ2) is 7.13. The highest BCUT2D eigenvalue weighted by Crippen LogP contribution is 2.22. The maximum atomic E-state index is 13.0. The van der Waals surface area contributed by atoms with Crippen molar-refractivity contribution >= 4 is 11.8 Å². The SMILES string of the molecule is Cc1ccc(-n2c(C)ccc2C)c(C(=O)NC2CCCCNC2=O)c1. The summed E-state index contributed by atoms with van der Waals surface area (Å²) >= 11 is 0. The van der Waals surface area contributed by atoms with Crippen molar-refractivity contribution < 1.29 is 9.59 Å². The number of aryl methyl sites for hydroxylation is 3. The molecule has 0 bridgehead atoms. The van der Waals surface area contributed by atoms with Crippen LogP contribution < -0.4 is 10.6 Å². The van der Waals surface area contributed by atoms with Gasteiger partial charge in [-0.1, -0.05) is 11.6 Å². The molecule has 1 aromatic heterocycles. The molecule has 2 aromatic rings. The molecule has 1 atom stereocenters. The molecule has 3 rings (SSSR count). The number of hydrogen-bond donors (Lipinski definition) is 2. The van der Waals surface area contributed by atoms with E-state index in [4.69, 9.17) is 0 Å². The summed E-state index contributed by atoms with van der Waals surface area (Å²) in [4.78, 5) is 25.1. The van der Waals surface area contributed by atoms with Crippen molar-refractivity contribution in [2.45, 2.75) is 46.1 Å². The molecule has 2 amide bonds. The van der Waals surface area contributed by atoms with E-state index in [2.05, 4.69) is 15.2 Å². The van der Waals surface area contributed by atoms with Crippen LogP contribution in [0.25, 0.3) is 5.69 Å². The van der Waals surface area contributed by atoms with Gasteiger partial charge in [0.15, 0.2) is 0 Å². The highest BCUT2D eigenvalue weighted by Gasteiger charge is 2.24. The van der Waals surface area contributed by atoms with Crippen molar-refractivity contribution in [2.75, 3.05) is 6.54 Å². The maximum absolute atomic E-state index is 13.0. The molecular weight excluding hydrogens is 314 g/mol. The fraction of sp³-hybridized carbons (Fsp3) is 0.400. The number of amides is 2. The Bertz CT molecular complexity index is 788. The van der Waals surface area contributed by atoms with Gasteiger partial charge in [-0.15, -0.1) is 0 Å². The minimum absolute atomic E-state index is 0.0895. The van der Waals surface area contributed by atoms with Crippen molar-refractivity contribution in [3.8, 4) is 5.69 Å². The molecule has 0 saturated carbocycles. The zero-order valence-electron chi connectivity index (χ0n) is 15.1. The van der Waals surface area contributed by atoms with Crippen LogP contribution in [0, 0.1) is 20.8 Å². The smallest absolute Gasteiger partial charge is 0.254 e. The summed E-state index contributed by atoms with van der Waals surface area (Å²) in [6, 6.07) is 9.47. The zero-order chi connectivity index (χ0) is 18.0. The van der Waals surface area contributed by atoms with Gasteiger partial charge in [0.1, 0.15) is 6.04 Å². The Labute approximate surface area is 148 Å². The highest BCUT2D eigenvalue weighted by atomic mass is 16.2. The molecule has 1 aliphatic heterocycles. The van der Waals surface area contributed by atoms with Crippen LogP contribution in [0.4, 0.5) is 0 Å². The largest absolute Gasteiger partial charge is 0.354 e. The topological polar surface area (TPSA) is 63.1 Å². The first-order valence-electron chi connectivity index (χ1n) is 8.82. The summed E-state index contributed by atoms with van der Waals surface area (Å²) in [5.74, 6) is -0.290. The Morgan fingerprint density at radius 3 is 2.56 bits per heavy atom. The summed E-state index contributed by atoms with van der Waals surface area (Å²) in [5.41, 5.74) is 4.60. The normalized spacial score (nSPS) is 17.7. The molecule has 5 heteroatoms. The van der Waals surface area contributed by atoms with Crippen LogP contribution in [0.1, 0.15) is 46.6 Å². The van der Waals surface area contributed by atoms with E-state index < -0.39 is 6.04 Å². The van der Waals surface area contributed by atoms with Crippen LogP contribution >= 0.6 is 0 Å². The van der Waals surface area contributed by atoms with Crippen LogP contribution in [-0.4, -0.2) is 29.0 Å². The van der Waals surface area contributed by atoms with Crippen LogP contribution in [-0.2, 0) is 4.79 Å². The molecule has 5 nitrogen and oxygen atoms in total. The van der Waals surface area contributed by atoms with E-state index in [1.807, 2.05) is 51.1 Å². The van der Waals surface area contributed by atoms with E-state index in [-0.39, 0.29) is 11.8 Å². The minimum atomic E-state index is -0.463. The highest BCUT2D eigenvalue weighted by molar-refractivity contribution is 6.00. The van der Waals surface area contributed by atoms with E-state index in [0.717, 1.165) is 35.5 Å². The van der Waals surface area contributed by atoms with E-state index in [0.29, 0.717) is 18.5 Å². The van der Waals surface area contributed by atoms with Gasteiger partial charge in [0.2, 0.25) is 5.91 Å². The lowest BCUT2D eigenvalue weighted by molar-refractivity contribution is -0.122. The average molecular weight is 339 g/mol. The lowest BCUT2D eigenvalue weighted by atomic mass is 10.1. The fourth-order valence-corrected chi connectivity index (χ4v) is 3.39. The molecule has 2 heterocycles. The third-order valence-corrected chi connectivity index (χ3v) is 4.75. The predicted octanol–water partition coefficient (Wildman–Crippen LogP) is 2.80. The predicted molar refractivity (Wildman–Crippen MR) is 98.1 cm³/mol. The molecular formula is C20H25N3O2. The number of hydrogen-bond acceptors (Lipinski definition) is 2. The van der Waals surface area contributed by atoms with Gasteiger partial charge in [-0.2, -0.15) is 0 Å². The summed E-state index contributed by atoms with van der Waals surface area (Å²) in [6.07, 6.45) is 2.57. The Morgan fingerprint density at radius 1 is 1.12 bits per heavy atom. The molecule has 1 unspecified atom stereocenters. The van der Waals surface area contributed by atoms with Gasteiger partial charge in [-0.25, -0.2) is 0 Å². The summed E-state index contributed by atoms with van der Waals surface area (Å²) in [5, 5.41) is 5.79. The molecule has 0 spiro atoms. The first-order chi connectivity index (χ1) is 12.0. The maximum Gasteiger partial charge on any atom is 0.254 e. The number of nitrogens with one attached hydrogen (secondary N) is 2. The Morgan fingerprint density at radius 2 is 1.84 bits per heavy atom. The van der Waals surface area contributed by atoms with E-state index in [9.17, 15) is 9.59 Å². The lowest BCUT2D eigenvalue weighted by Crippen LogP contribution is -2.45. The van der Waals surface area contributed by atoms with E-state index in [1.54, 1.807) is 0 Å². The van der Waals surface area contributed by atoms with Crippen LogP contribution in [0.3, 0.4) is 0 Å². The van der Waals surface area contributed by atoms with Crippen LogP contribution in [0.2, 0.25) is 0 Å². The summed E-state index contributed by atoms with van der Waals surface area (Å²) in [7, 11) is 0. The molecule has 132 valence electrons. The Hall–Kier alpha value is -2.56. The first-order valence-corrected chi connectivity index (χ1v) is 8.82. The van der Waals surface area contributed by atoms with Gasteiger partial charge in [0, 0.05) is 17.9 Å². The molecule has 1 fully saturated rings. The van der Waals surface area contributed by atoms with Crippen molar-refractivity contribution in [3.63, 3.8) is 0 Å². The van der Waals surface area contributed by atoms with Crippen molar-refractivity contribution in [1.29, 1.82) is 0 Å².